The fourth-order valence-electron chi connectivity index (χ4n) is 1.52. The molecule has 0 saturated carbocycles. The Bertz CT molecular complexity index is 198. The molecule has 0 atom stereocenters. The number of hydrogen-bond acceptors (Lipinski definition) is 2. The van der Waals surface area contributed by atoms with Gasteiger partial charge in [0.25, 0.3) is 0 Å². The zero-order chi connectivity index (χ0) is 13.0. The normalized spacial score (nSPS) is 13.9. The van der Waals surface area contributed by atoms with Gasteiger partial charge in [-0.2, -0.15) is 0 Å². The lowest BCUT2D eigenvalue weighted by atomic mass is 9.86. The van der Waals surface area contributed by atoms with Crippen molar-refractivity contribution in [3.8, 4) is 0 Å². The van der Waals surface area contributed by atoms with Crippen LogP contribution in [0.25, 0.3) is 0 Å². The Labute approximate surface area is 104 Å². The first-order chi connectivity index (χ1) is 7.07. The second kappa shape index (κ2) is 6.17. The van der Waals surface area contributed by atoms with Crippen LogP contribution in [0.2, 0.25) is 19.1 Å². The third-order valence-electron chi connectivity index (χ3n) is 3.86. The van der Waals surface area contributed by atoms with Crippen molar-refractivity contribution in [1.82, 2.24) is 9.47 Å². The van der Waals surface area contributed by atoms with Crippen LogP contribution in [0.4, 0.5) is 0 Å². The molecule has 0 aliphatic carbocycles. The molecule has 0 unspecified atom stereocenters. The molecule has 0 spiro atoms. The van der Waals surface area contributed by atoms with Crippen molar-refractivity contribution in [2.75, 3.05) is 34.7 Å². The Kier molecular flexibility index (Phi) is 6.23. The zero-order valence-electron chi connectivity index (χ0n) is 12.7. The van der Waals surface area contributed by atoms with Crippen LogP contribution in [-0.4, -0.2) is 52.4 Å². The fraction of sp³-hybridized carbons (Fsp3) is 1.00. The summed E-state index contributed by atoms with van der Waals surface area (Å²) in [5.74, 6) is 0. The summed E-state index contributed by atoms with van der Waals surface area (Å²) in [5, 5.41) is 0. The molecule has 0 aromatic carbocycles. The third-order valence-corrected chi connectivity index (χ3v) is 7.75. The van der Waals surface area contributed by atoms with E-state index in [2.05, 4.69) is 64.6 Å². The van der Waals surface area contributed by atoms with Gasteiger partial charge < -0.3 is 9.47 Å². The zero-order valence-corrected chi connectivity index (χ0v) is 13.7. The minimum absolute atomic E-state index is 0.491. The van der Waals surface area contributed by atoms with Gasteiger partial charge in [-0.05, 0) is 59.0 Å². The number of hydrogen-bond donors (Lipinski definition) is 0. The van der Waals surface area contributed by atoms with Crippen molar-refractivity contribution in [1.29, 1.82) is 0 Å². The summed E-state index contributed by atoms with van der Waals surface area (Å²) < 4.78 is 2.47. The van der Waals surface area contributed by atoms with E-state index in [0.29, 0.717) is 5.41 Å². The van der Waals surface area contributed by atoms with Crippen LogP contribution in [0.3, 0.4) is 0 Å². The van der Waals surface area contributed by atoms with E-state index in [9.17, 15) is 0 Å². The van der Waals surface area contributed by atoms with Gasteiger partial charge >= 0.3 is 0 Å². The van der Waals surface area contributed by atoms with Crippen molar-refractivity contribution >= 4 is 8.24 Å². The molecule has 0 bridgehead atoms. The highest BCUT2D eigenvalue weighted by molar-refractivity contribution is 6.74. The van der Waals surface area contributed by atoms with Gasteiger partial charge in [-0.15, -0.1) is 0 Å². The standard InChI is InChI=1S/C13H32N2Si/c1-13(2,9-11-14(3)4)10-12-16(7,8)15(5)6/h9-12H2,1-8H3. The van der Waals surface area contributed by atoms with E-state index in [0.717, 1.165) is 0 Å². The van der Waals surface area contributed by atoms with E-state index in [1.807, 2.05) is 0 Å². The lowest BCUT2D eigenvalue weighted by molar-refractivity contribution is 0.264. The van der Waals surface area contributed by atoms with Crippen LogP contribution in [0.1, 0.15) is 26.7 Å². The Morgan fingerprint density at radius 1 is 0.938 bits per heavy atom. The molecule has 0 rings (SSSR count). The number of rotatable bonds is 7. The molecule has 0 aromatic rings. The lowest BCUT2D eigenvalue weighted by Gasteiger charge is -2.34. The van der Waals surface area contributed by atoms with Gasteiger partial charge in [0.05, 0.1) is 0 Å². The quantitative estimate of drug-likeness (QED) is 0.635. The third kappa shape index (κ3) is 6.66. The topological polar surface area (TPSA) is 6.48 Å². The predicted octanol–water partition coefficient (Wildman–Crippen LogP) is 3.12. The molecule has 0 heterocycles. The van der Waals surface area contributed by atoms with Crippen LogP contribution >= 0.6 is 0 Å². The van der Waals surface area contributed by atoms with Gasteiger partial charge in [0.15, 0.2) is 0 Å². The predicted molar refractivity (Wildman–Crippen MR) is 77.5 cm³/mol. The maximum atomic E-state index is 2.47. The maximum absolute atomic E-state index is 2.47. The van der Waals surface area contributed by atoms with Crippen molar-refractivity contribution in [3.63, 3.8) is 0 Å². The van der Waals surface area contributed by atoms with Crippen LogP contribution in [-0.2, 0) is 0 Å². The number of nitrogens with zero attached hydrogens (tertiary/aromatic N) is 2. The van der Waals surface area contributed by atoms with E-state index in [4.69, 9.17) is 0 Å². The van der Waals surface area contributed by atoms with Crippen LogP contribution in [0.15, 0.2) is 0 Å². The first kappa shape index (κ1) is 16.1. The first-order valence-corrected chi connectivity index (χ1v) is 9.54. The van der Waals surface area contributed by atoms with E-state index in [1.165, 1.54) is 25.4 Å². The smallest absolute Gasteiger partial charge is 0.121 e. The summed E-state index contributed by atoms with van der Waals surface area (Å²) in [6.07, 6.45) is 2.66. The highest BCUT2D eigenvalue weighted by Gasteiger charge is 2.27. The summed E-state index contributed by atoms with van der Waals surface area (Å²) in [5.41, 5.74) is 0.491. The molecule has 98 valence electrons. The highest BCUT2D eigenvalue weighted by atomic mass is 28.3. The van der Waals surface area contributed by atoms with E-state index >= 15 is 0 Å². The molecule has 0 N–H and O–H groups in total. The van der Waals surface area contributed by atoms with Crippen molar-refractivity contribution in [2.24, 2.45) is 5.41 Å². The van der Waals surface area contributed by atoms with E-state index in [1.54, 1.807) is 0 Å². The molecule has 0 amide bonds. The van der Waals surface area contributed by atoms with Gasteiger partial charge in [-0.1, -0.05) is 26.9 Å². The Hall–Kier alpha value is 0.137. The van der Waals surface area contributed by atoms with Crippen LogP contribution in [0.5, 0.6) is 0 Å². The summed E-state index contributed by atoms with van der Waals surface area (Å²) in [7, 11) is 7.67. The molecule has 3 heteroatoms. The monoisotopic (exact) mass is 244 g/mol. The molecule has 16 heavy (non-hydrogen) atoms. The summed E-state index contributed by atoms with van der Waals surface area (Å²) in [6.45, 7) is 11.0. The molecule has 2 nitrogen and oxygen atoms in total. The summed E-state index contributed by atoms with van der Waals surface area (Å²) >= 11 is 0. The molecule has 0 aromatic heterocycles. The van der Waals surface area contributed by atoms with Gasteiger partial charge in [0.1, 0.15) is 8.24 Å². The average molecular weight is 244 g/mol. The minimum Gasteiger partial charge on any atom is -0.329 e. The Balaban J connectivity index is 4.07. The molecule has 0 fully saturated rings. The fourth-order valence-corrected chi connectivity index (χ4v) is 3.25. The first-order valence-electron chi connectivity index (χ1n) is 6.39. The molecule has 0 aliphatic heterocycles. The average Bonchev–Trinajstić information content (AvgIpc) is 2.12. The molecular weight excluding hydrogens is 212 g/mol. The Morgan fingerprint density at radius 2 is 1.44 bits per heavy atom. The molecule has 0 radical (unpaired) electrons. The van der Waals surface area contributed by atoms with Gasteiger partial charge in [-0.3, -0.25) is 0 Å². The largest absolute Gasteiger partial charge is 0.329 e. The van der Waals surface area contributed by atoms with Crippen LogP contribution in [0, 0.1) is 5.41 Å². The van der Waals surface area contributed by atoms with Crippen LogP contribution < -0.4 is 0 Å². The lowest BCUT2D eigenvalue weighted by Crippen LogP contribution is -2.44. The highest BCUT2D eigenvalue weighted by Crippen LogP contribution is 2.30. The summed E-state index contributed by atoms with van der Waals surface area (Å²) in [4.78, 5) is 2.29. The van der Waals surface area contributed by atoms with Gasteiger partial charge in [0.2, 0.25) is 0 Å². The minimum atomic E-state index is -1.13. The second-order valence-corrected chi connectivity index (χ2v) is 11.9. The second-order valence-electron chi connectivity index (χ2n) is 6.92. The van der Waals surface area contributed by atoms with Gasteiger partial charge in [0, 0.05) is 0 Å². The maximum Gasteiger partial charge on any atom is 0.121 e. The molecule has 0 aliphatic rings. The molecule has 0 saturated heterocycles. The van der Waals surface area contributed by atoms with Crippen molar-refractivity contribution in [3.05, 3.63) is 0 Å². The summed E-state index contributed by atoms with van der Waals surface area (Å²) in [6, 6.07) is 1.40. The van der Waals surface area contributed by atoms with E-state index < -0.39 is 8.24 Å². The van der Waals surface area contributed by atoms with Crippen molar-refractivity contribution < 1.29 is 0 Å². The van der Waals surface area contributed by atoms with Crippen molar-refractivity contribution in [2.45, 2.75) is 45.8 Å². The SMILES string of the molecule is CN(C)CCC(C)(C)CC[Si](C)(C)N(C)C. The van der Waals surface area contributed by atoms with Gasteiger partial charge in [-0.25, -0.2) is 0 Å². The van der Waals surface area contributed by atoms with E-state index in [-0.39, 0.29) is 0 Å². The molecular formula is C13H32N2Si. The Morgan fingerprint density at radius 3 is 1.81 bits per heavy atom.